The summed E-state index contributed by atoms with van der Waals surface area (Å²) in [6, 6.07) is 7.53. The highest BCUT2D eigenvalue weighted by molar-refractivity contribution is 5.98. The fourth-order valence-corrected chi connectivity index (χ4v) is 1.62. The van der Waals surface area contributed by atoms with Gasteiger partial charge in [0.2, 0.25) is 0 Å². The molecule has 6 heteroatoms. The van der Waals surface area contributed by atoms with Crippen molar-refractivity contribution < 1.29 is 18.4 Å². The van der Waals surface area contributed by atoms with Gasteiger partial charge >= 0.3 is 0 Å². The number of halogens is 1. The van der Waals surface area contributed by atoms with Crippen LogP contribution in [0.25, 0.3) is 6.08 Å². The molecule has 0 aliphatic rings. The third kappa shape index (κ3) is 3.79. The maximum absolute atomic E-state index is 13.3. The molecule has 2 N–H and O–H groups in total. The molecule has 0 bridgehead atoms. The molecule has 0 radical (unpaired) electrons. The highest BCUT2D eigenvalue weighted by Gasteiger charge is 2.11. The number of hydrogen-bond acceptors (Lipinski definition) is 3. The lowest BCUT2D eigenvalue weighted by Gasteiger charge is -2.04. The Balaban J connectivity index is 1.90. The zero-order chi connectivity index (χ0) is 15.2. The Labute approximate surface area is 120 Å². The minimum atomic E-state index is -0.576. The number of aryl methyl sites for hydroxylation is 1. The van der Waals surface area contributed by atoms with Crippen molar-refractivity contribution in [1.29, 1.82) is 0 Å². The molecule has 0 fully saturated rings. The standard InChI is InChI=1S/C15H13FN2O3/c1-10-12(8-9-21-10)15(20)18-17-14(19)7-6-11-4-2-3-5-13(11)16/h2-9H,1H3,(H,17,19)(H,18,20). The normalized spacial score (nSPS) is 10.6. The van der Waals surface area contributed by atoms with Gasteiger partial charge in [-0.05, 0) is 25.1 Å². The van der Waals surface area contributed by atoms with Crippen LogP contribution in [-0.4, -0.2) is 11.8 Å². The zero-order valence-corrected chi connectivity index (χ0v) is 11.2. The van der Waals surface area contributed by atoms with Crippen LogP contribution in [0.15, 0.2) is 47.1 Å². The van der Waals surface area contributed by atoms with Crippen molar-refractivity contribution in [3.8, 4) is 0 Å². The van der Waals surface area contributed by atoms with E-state index in [9.17, 15) is 14.0 Å². The first kappa shape index (κ1) is 14.5. The first-order chi connectivity index (χ1) is 10.1. The minimum Gasteiger partial charge on any atom is -0.469 e. The molecule has 2 rings (SSSR count). The van der Waals surface area contributed by atoms with Crippen LogP contribution in [0.5, 0.6) is 0 Å². The molecule has 0 atom stereocenters. The smallest absolute Gasteiger partial charge is 0.273 e. The predicted molar refractivity (Wildman–Crippen MR) is 74.5 cm³/mol. The summed E-state index contributed by atoms with van der Waals surface area (Å²) in [5.74, 6) is -1.05. The highest BCUT2D eigenvalue weighted by Crippen LogP contribution is 2.08. The third-order valence-electron chi connectivity index (χ3n) is 2.72. The summed E-state index contributed by atoms with van der Waals surface area (Å²) >= 11 is 0. The van der Waals surface area contributed by atoms with Crippen molar-refractivity contribution in [2.45, 2.75) is 6.92 Å². The number of furan rings is 1. The van der Waals surface area contributed by atoms with Crippen LogP contribution in [0.3, 0.4) is 0 Å². The number of rotatable bonds is 3. The first-order valence-corrected chi connectivity index (χ1v) is 6.15. The van der Waals surface area contributed by atoms with Crippen LogP contribution >= 0.6 is 0 Å². The van der Waals surface area contributed by atoms with E-state index in [2.05, 4.69) is 10.9 Å². The monoisotopic (exact) mass is 288 g/mol. The van der Waals surface area contributed by atoms with Crippen LogP contribution in [-0.2, 0) is 4.79 Å². The van der Waals surface area contributed by atoms with Gasteiger partial charge in [0.15, 0.2) is 0 Å². The summed E-state index contributed by atoms with van der Waals surface area (Å²) in [7, 11) is 0. The molecular weight excluding hydrogens is 275 g/mol. The summed E-state index contributed by atoms with van der Waals surface area (Å²) in [6.07, 6.45) is 3.82. The molecule has 1 heterocycles. The SMILES string of the molecule is Cc1occc1C(=O)NNC(=O)C=Cc1ccccc1F. The highest BCUT2D eigenvalue weighted by atomic mass is 19.1. The van der Waals surface area contributed by atoms with Crippen molar-refractivity contribution >= 4 is 17.9 Å². The Hall–Kier alpha value is -2.89. The molecule has 0 unspecified atom stereocenters. The molecule has 108 valence electrons. The minimum absolute atomic E-state index is 0.282. The van der Waals surface area contributed by atoms with Gasteiger partial charge in [0.1, 0.15) is 11.6 Å². The summed E-state index contributed by atoms with van der Waals surface area (Å²) < 4.78 is 18.3. The van der Waals surface area contributed by atoms with Crippen LogP contribution < -0.4 is 10.9 Å². The lowest BCUT2D eigenvalue weighted by Crippen LogP contribution is -2.40. The summed E-state index contributed by atoms with van der Waals surface area (Å²) in [6.45, 7) is 1.63. The molecule has 0 saturated carbocycles. The lowest BCUT2D eigenvalue weighted by atomic mass is 10.2. The van der Waals surface area contributed by atoms with E-state index in [0.717, 1.165) is 6.08 Å². The van der Waals surface area contributed by atoms with Crippen LogP contribution in [0.2, 0.25) is 0 Å². The molecule has 0 saturated heterocycles. The van der Waals surface area contributed by atoms with Gasteiger partial charge in [-0.15, -0.1) is 0 Å². The van der Waals surface area contributed by atoms with Crippen molar-refractivity contribution in [2.24, 2.45) is 0 Å². The average molecular weight is 288 g/mol. The Morgan fingerprint density at radius 2 is 1.95 bits per heavy atom. The summed E-state index contributed by atoms with van der Waals surface area (Å²) in [5, 5.41) is 0. The quantitative estimate of drug-likeness (QED) is 0.672. The second kappa shape index (κ2) is 6.51. The number of benzene rings is 1. The Morgan fingerprint density at radius 1 is 1.19 bits per heavy atom. The van der Waals surface area contributed by atoms with Crippen molar-refractivity contribution in [1.82, 2.24) is 10.9 Å². The summed E-state index contributed by atoms with van der Waals surface area (Å²) in [5.41, 5.74) is 5.04. The van der Waals surface area contributed by atoms with Crippen LogP contribution in [0.4, 0.5) is 4.39 Å². The van der Waals surface area contributed by atoms with Gasteiger partial charge in [0.25, 0.3) is 11.8 Å². The Morgan fingerprint density at radius 3 is 2.62 bits per heavy atom. The zero-order valence-electron chi connectivity index (χ0n) is 11.2. The number of carbonyl (C=O) groups is 2. The fraction of sp³-hybridized carbons (Fsp3) is 0.0667. The van der Waals surface area contributed by atoms with E-state index in [-0.39, 0.29) is 5.56 Å². The lowest BCUT2D eigenvalue weighted by molar-refractivity contribution is -0.117. The van der Waals surface area contributed by atoms with Gasteiger partial charge in [-0.3, -0.25) is 20.4 Å². The van der Waals surface area contributed by atoms with Gasteiger partial charge in [-0.25, -0.2) is 4.39 Å². The number of hydrazine groups is 1. The molecule has 1 aromatic carbocycles. The molecule has 21 heavy (non-hydrogen) atoms. The van der Waals surface area contributed by atoms with Crippen molar-refractivity contribution in [3.63, 3.8) is 0 Å². The van der Waals surface area contributed by atoms with E-state index < -0.39 is 17.6 Å². The number of nitrogens with one attached hydrogen (secondary N) is 2. The molecule has 5 nitrogen and oxygen atoms in total. The number of amides is 2. The topological polar surface area (TPSA) is 71.3 Å². The Kier molecular flexibility index (Phi) is 4.50. The second-order valence-electron chi connectivity index (χ2n) is 4.19. The van der Waals surface area contributed by atoms with Gasteiger partial charge in [0.05, 0.1) is 11.8 Å². The van der Waals surface area contributed by atoms with E-state index in [0.29, 0.717) is 11.3 Å². The average Bonchev–Trinajstić information content (AvgIpc) is 2.90. The fourth-order valence-electron chi connectivity index (χ4n) is 1.62. The maximum Gasteiger partial charge on any atom is 0.273 e. The van der Waals surface area contributed by atoms with Crippen LogP contribution in [0.1, 0.15) is 21.7 Å². The molecule has 0 aliphatic heterocycles. The Bertz CT molecular complexity index is 692. The van der Waals surface area contributed by atoms with Gasteiger partial charge in [0, 0.05) is 11.6 Å². The summed E-state index contributed by atoms with van der Waals surface area (Å²) in [4.78, 5) is 23.2. The maximum atomic E-state index is 13.3. The van der Waals surface area contributed by atoms with Gasteiger partial charge in [-0.1, -0.05) is 18.2 Å². The number of carbonyl (C=O) groups excluding carboxylic acids is 2. The predicted octanol–water partition coefficient (Wildman–Crippen LogP) is 2.20. The largest absolute Gasteiger partial charge is 0.469 e. The van der Waals surface area contributed by atoms with Crippen molar-refractivity contribution in [3.05, 3.63) is 65.4 Å². The molecule has 2 amide bonds. The first-order valence-electron chi connectivity index (χ1n) is 6.15. The van der Waals surface area contributed by atoms with E-state index in [1.165, 1.54) is 30.5 Å². The van der Waals surface area contributed by atoms with Gasteiger partial charge in [-0.2, -0.15) is 0 Å². The van der Waals surface area contributed by atoms with E-state index >= 15 is 0 Å². The van der Waals surface area contributed by atoms with Crippen LogP contribution in [0, 0.1) is 12.7 Å². The molecule has 2 aromatic rings. The molecule has 0 spiro atoms. The van der Waals surface area contributed by atoms with E-state index in [1.54, 1.807) is 19.1 Å². The van der Waals surface area contributed by atoms with E-state index in [1.807, 2.05) is 0 Å². The molecular formula is C15H13FN2O3. The van der Waals surface area contributed by atoms with Crippen molar-refractivity contribution in [2.75, 3.05) is 0 Å². The number of hydrogen-bond donors (Lipinski definition) is 2. The molecule has 0 aliphatic carbocycles. The third-order valence-corrected chi connectivity index (χ3v) is 2.72. The molecule has 1 aromatic heterocycles. The van der Waals surface area contributed by atoms with E-state index in [4.69, 9.17) is 4.42 Å². The van der Waals surface area contributed by atoms with Gasteiger partial charge < -0.3 is 4.42 Å². The second-order valence-corrected chi connectivity index (χ2v) is 4.19.